The molecule has 0 bridgehead atoms. The van der Waals surface area contributed by atoms with E-state index in [1.54, 1.807) is 11.1 Å². The summed E-state index contributed by atoms with van der Waals surface area (Å²) in [7, 11) is 1.28. The minimum absolute atomic E-state index is 0.0536. The van der Waals surface area contributed by atoms with Gasteiger partial charge in [0.2, 0.25) is 0 Å². The lowest BCUT2D eigenvalue weighted by atomic mass is 10.1. The first-order valence-electron chi connectivity index (χ1n) is 18.9. The second kappa shape index (κ2) is 16.0. The average molecular weight is 738 g/mol. The Balaban J connectivity index is 0.901. The number of H-pyrrole nitrogens is 2. The van der Waals surface area contributed by atoms with Crippen LogP contribution in [0.1, 0.15) is 85.0 Å². The molecule has 8 rings (SSSR count). The van der Waals surface area contributed by atoms with Crippen LogP contribution in [0.3, 0.4) is 0 Å². The van der Waals surface area contributed by atoms with E-state index < -0.39 is 12.1 Å². The molecule has 0 spiro atoms. The van der Waals surface area contributed by atoms with Crippen molar-refractivity contribution in [2.75, 3.05) is 26.8 Å². The van der Waals surface area contributed by atoms with Crippen LogP contribution >= 0.6 is 0 Å². The largest absolute Gasteiger partial charge is 0.453 e. The molecule has 4 unspecified atom stereocenters. The molecule has 280 valence electrons. The van der Waals surface area contributed by atoms with Gasteiger partial charge in [-0.2, -0.15) is 0 Å². The Morgan fingerprint density at radius 1 is 0.764 bits per heavy atom. The molecule has 12 nitrogen and oxygen atoms in total. The number of carbonyl (C=O) groups is 3. The van der Waals surface area contributed by atoms with Crippen LogP contribution < -0.4 is 5.32 Å². The third-order valence-corrected chi connectivity index (χ3v) is 10.7. The Hall–Kier alpha value is -6.19. The molecule has 2 aromatic heterocycles. The number of hydrogen-bond acceptors (Lipinski definition) is 7. The fourth-order valence-electron chi connectivity index (χ4n) is 7.78. The van der Waals surface area contributed by atoms with E-state index in [0.29, 0.717) is 24.5 Å². The molecule has 3 aliphatic heterocycles. The molecule has 0 aliphatic carbocycles. The zero-order valence-corrected chi connectivity index (χ0v) is 30.7. The Labute approximate surface area is 319 Å². The Morgan fingerprint density at radius 2 is 1.33 bits per heavy atom. The van der Waals surface area contributed by atoms with Crippen molar-refractivity contribution in [3.05, 3.63) is 120 Å². The quantitative estimate of drug-likeness (QED) is 0.155. The van der Waals surface area contributed by atoms with Crippen LogP contribution in [-0.2, 0) is 19.1 Å². The number of rotatable bonds is 8. The standard InChI is InChI=1S/C43H43N7O5/c1-54-43(53)48-38(32-8-3-2-4-9-32)42(52)50-24-6-11-36(50)40-45-27-34(47-40)31-21-17-29(18-22-31)14-13-28-15-19-30(20-16-28)33-26-44-39(46-33)35-10-5-23-49(35)41(51)37-12-7-25-55-37/h2-4,8-9,15-22,26-27,35-38H,5-7,10-12,23-25H2,1H3,(H,44,46)(H,45,47)(H,48,53). The van der Waals surface area contributed by atoms with Crippen LogP contribution in [0.15, 0.2) is 91.3 Å². The predicted molar refractivity (Wildman–Crippen MR) is 205 cm³/mol. The first kappa shape index (κ1) is 35.8. The number of alkyl carbamates (subject to hydrolysis) is 1. The highest BCUT2D eigenvalue weighted by molar-refractivity contribution is 5.87. The second-order valence-corrected chi connectivity index (χ2v) is 14.1. The lowest BCUT2D eigenvalue weighted by Crippen LogP contribution is -2.42. The van der Waals surface area contributed by atoms with E-state index in [1.165, 1.54) is 7.11 Å². The van der Waals surface area contributed by atoms with Gasteiger partial charge in [-0.15, -0.1) is 0 Å². The molecule has 3 saturated heterocycles. The molecule has 12 heteroatoms. The van der Waals surface area contributed by atoms with E-state index in [1.807, 2.05) is 90.0 Å². The molecule has 3 fully saturated rings. The number of methoxy groups -OCH3 is 1. The maximum absolute atomic E-state index is 13.8. The summed E-state index contributed by atoms with van der Waals surface area (Å²) in [5, 5.41) is 2.71. The first-order chi connectivity index (χ1) is 26.9. The minimum Gasteiger partial charge on any atom is -0.453 e. The van der Waals surface area contributed by atoms with Crippen molar-refractivity contribution in [1.82, 2.24) is 35.1 Å². The summed E-state index contributed by atoms with van der Waals surface area (Å²) in [5.74, 6) is 7.92. The fourth-order valence-corrected chi connectivity index (χ4v) is 7.78. The van der Waals surface area contributed by atoms with E-state index in [2.05, 4.69) is 37.1 Å². The normalized spacial score (nSPS) is 19.8. The van der Waals surface area contributed by atoms with Crippen LogP contribution in [0, 0.1) is 11.8 Å². The number of benzene rings is 3. The van der Waals surface area contributed by atoms with Crippen LogP contribution in [0.5, 0.6) is 0 Å². The molecule has 3 N–H and O–H groups in total. The summed E-state index contributed by atoms with van der Waals surface area (Å²) >= 11 is 0. The summed E-state index contributed by atoms with van der Waals surface area (Å²) in [5.41, 5.74) is 6.15. The summed E-state index contributed by atoms with van der Waals surface area (Å²) in [6.07, 6.45) is 7.80. The highest BCUT2D eigenvalue weighted by atomic mass is 16.5. The van der Waals surface area contributed by atoms with Crippen molar-refractivity contribution < 1.29 is 23.9 Å². The summed E-state index contributed by atoms with van der Waals surface area (Å²) in [6.45, 7) is 1.95. The van der Waals surface area contributed by atoms with Gasteiger partial charge in [0, 0.05) is 30.8 Å². The summed E-state index contributed by atoms with van der Waals surface area (Å²) in [4.78, 5) is 59.0. The second-order valence-electron chi connectivity index (χ2n) is 14.1. The van der Waals surface area contributed by atoms with E-state index in [4.69, 9.17) is 9.47 Å². The number of hydrogen-bond donors (Lipinski definition) is 3. The summed E-state index contributed by atoms with van der Waals surface area (Å²) in [6, 6.07) is 24.0. The SMILES string of the molecule is COC(=O)NC(C(=O)N1CCCC1c1ncc(-c2ccc(C#Cc3ccc(-c4cnc(C5CCCN5C(=O)C5CCCO5)[nH]4)cc3)cc2)[nH]1)c1ccccc1. The van der Waals surface area contributed by atoms with Crippen LogP contribution in [0.25, 0.3) is 22.5 Å². The first-order valence-corrected chi connectivity index (χ1v) is 18.9. The molecule has 5 heterocycles. The van der Waals surface area contributed by atoms with Gasteiger partial charge in [-0.1, -0.05) is 66.4 Å². The Bertz CT molecular complexity index is 2200. The maximum atomic E-state index is 13.8. The minimum atomic E-state index is -0.871. The number of nitrogens with one attached hydrogen (secondary N) is 3. The third kappa shape index (κ3) is 7.75. The number of likely N-dealkylation sites (tertiary alicyclic amines) is 2. The molecule has 3 aromatic carbocycles. The third-order valence-electron chi connectivity index (χ3n) is 10.7. The molecule has 0 saturated carbocycles. The van der Waals surface area contributed by atoms with E-state index in [0.717, 1.165) is 84.5 Å². The van der Waals surface area contributed by atoms with Gasteiger partial charge in [-0.05, 0) is 79.5 Å². The topological polar surface area (TPSA) is 146 Å². The van der Waals surface area contributed by atoms with Crippen LogP contribution in [0.4, 0.5) is 4.79 Å². The van der Waals surface area contributed by atoms with Crippen molar-refractivity contribution in [2.24, 2.45) is 0 Å². The van der Waals surface area contributed by atoms with Crippen molar-refractivity contribution >= 4 is 17.9 Å². The maximum Gasteiger partial charge on any atom is 0.407 e. The number of imidazole rings is 2. The monoisotopic (exact) mass is 737 g/mol. The number of ether oxygens (including phenoxy) is 2. The van der Waals surface area contributed by atoms with E-state index >= 15 is 0 Å². The van der Waals surface area contributed by atoms with Crippen LogP contribution in [0.2, 0.25) is 0 Å². The van der Waals surface area contributed by atoms with Gasteiger partial charge < -0.3 is 34.6 Å². The molecule has 3 amide bonds. The molecular formula is C43H43N7O5. The van der Waals surface area contributed by atoms with Gasteiger partial charge in [0.05, 0.1) is 43.0 Å². The highest BCUT2D eigenvalue weighted by Gasteiger charge is 2.38. The van der Waals surface area contributed by atoms with Gasteiger partial charge in [0.1, 0.15) is 23.8 Å². The number of aromatic amines is 2. The molecule has 0 radical (unpaired) electrons. The van der Waals surface area contributed by atoms with Gasteiger partial charge in [0.15, 0.2) is 0 Å². The van der Waals surface area contributed by atoms with Crippen molar-refractivity contribution in [1.29, 1.82) is 0 Å². The Morgan fingerprint density at radius 3 is 1.87 bits per heavy atom. The van der Waals surface area contributed by atoms with Crippen molar-refractivity contribution in [2.45, 2.75) is 62.8 Å². The molecule has 5 aromatic rings. The zero-order valence-electron chi connectivity index (χ0n) is 30.7. The van der Waals surface area contributed by atoms with Gasteiger partial charge >= 0.3 is 6.09 Å². The average Bonchev–Trinajstić information content (AvgIpc) is 4.09. The van der Waals surface area contributed by atoms with E-state index in [-0.39, 0.29) is 30.0 Å². The number of aromatic nitrogens is 4. The predicted octanol–water partition coefficient (Wildman–Crippen LogP) is 6.47. The lowest BCUT2D eigenvalue weighted by Gasteiger charge is -2.28. The number of nitrogens with zero attached hydrogens (tertiary/aromatic N) is 4. The fraction of sp³-hybridized carbons (Fsp3) is 0.326. The summed E-state index contributed by atoms with van der Waals surface area (Å²) < 4.78 is 10.5. The molecule has 4 atom stereocenters. The highest BCUT2D eigenvalue weighted by Crippen LogP contribution is 2.35. The number of amides is 3. The van der Waals surface area contributed by atoms with E-state index in [9.17, 15) is 14.4 Å². The number of carbonyl (C=O) groups excluding carboxylic acids is 3. The molecule has 3 aliphatic rings. The van der Waals surface area contributed by atoms with Crippen molar-refractivity contribution in [3.8, 4) is 34.4 Å². The molecular weight excluding hydrogens is 695 g/mol. The smallest absolute Gasteiger partial charge is 0.407 e. The van der Waals surface area contributed by atoms with Gasteiger partial charge in [-0.25, -0.2) is 14.8 Å². The lowest BCUT2D eigenvalue weighted by molar-refractivity contribution is -0.142. The van der Waals surface area contributed by atoms with Gasteiger partial charge in [-0.3, -0.25) is 9.59 Å². The van der Waals surface area contributed by atoms with Gasteiger partial charge in [0.25, 0.3) is 11.8 Å². The zero-order chi connectivity index (χ0) is 37.7. The molecule has 55 heavy (non-hydrogen) atoms. The Kier molecular flexibility index (Phi) is 10.4. The van der Waals surface area contributed by atoms with Crippen molar-refractivity contribution in [3.63, 3.8) is 0 Å². The van der Waals surface area contributed by atoms with Crippen LogP contribution in [-0.4, -0.2) is 80.6 Å².